The monoisotopic (exact) mass is 452 g/mol. The van der Waals surface area contributed by atoms with E-state index in [0.29, 0.717) is 16.8 Å². The number of nitrogens with zero attached hydrogens (tertiary/aromatic N) is 3. The number of amidine groups is 1. The first-order valence-electron chi connectivity index (χ1n) is 10.2. The van der Waals surface area contributed by atoms with Crippen LogP contribution in [0.15, 0.2) is 48.8 Å². The van der Waals surface area contributed by atoms with Crippen LogP contribution in [0.4, 0.5) is 5.69 Å². The van der Waals surface area contributed by atoms with Gasteiger partial charge in [-0.2, -0.15) is 0 Å². The van der Waals surface area contributed by atoms with Gasteiger partial charge in [0.05, 0.1) is 12.5 Å². The third kappa shape index (κ3) is 5.91. The molecule has 1 atom stereocenters. The van der Waals surface area contributed by atoms with E-state index in [2.05, 4.69) is 10.3 Å². The van der Waals surface area contributed by atoms with Crippen molar-refractivity contribution in [1.82, 2.24) is 15.2 Å². The summed E-state index contributed by atoms with van der Waals surface area (Å²) in [4.78, 5) is 55.3. The van der Waals surface area contributed by atoms with Crippen LogP contribution >= 0.6 is 0 Å². The van der Waals surface area contributed by atoms with Crippen molar-refractivity contribution in [3.8, 4) is 0 Å². The molecule has 0 saturated carbocycles. The molecule has 3 rings (SSSR count). The Balaban J connectivity index is 1.57. The molecule has 2 aromatic rings. The lowest BCUT2D eigenvalue weighted by atomic mass is 10.1. The molecule has 2 heterocycles. The first kappa shape index (κ1) is 23.4. The summed E-state index contributed by atoms with van der Waals surface area (Å²) in [5.74, 6) is -3.04. The predicted octanol–water partition coefficient (Wildman–Crippen LogP) is 0.263. The van der Waals surface area contributed by atoms with Crippen LogP contribution < -0.4 is 16.0 Å². The number of hydrogen-bond acceptors (Lipinski definition) is 6. The number of carboxylic acids is 1. The Morgan fingerprint density at radius 2 is 1.88 bits per heavy atom. The zero-order valence-electron chi connectivity index (χ0n) is 17.7. The molecule has 1 aliphatic rings. The number of nitrogens with one attached hydrogen (secondary N) is 2. The molecule has 1 aliphatic heterocycles. The van der Waals surface area contributed by atoms with Crippen molar-refractivity contribution >= 4 is 35.2 Å². The van der Waals surface area contributed by atoms with E-state index < -0.39 is 29.7 Å². The number of nitrogen functional groups attached to an aromatic ring is 1. The average molecular weight is 452 g/mol. The van der Waals surface area contributed by atoms with Gasteiger partial charge in [-0.1, -0.05) is 6.07 Å². The second kappa shape index (κ2) is 10.4. The van der Waals surface area contributed by atoms with Gasteiger partial charge >= 0.3 is 17.8 Å². The fourth-order valence-corrected chi connectivity index (χ4v) is 3.47. The minimum absolute atomic E-state index is 0.0281. The van der Waals surface area contributed by atoms with Crippen molar-refractivity contribution in [2.24, 2.45) is 5.73 Å². The minimum atomic E-state index is -1.07. The molecule has 0 radical (unpaired) electrons. The third-order valence-electron chi connectivity index (χ3n) is 5.21. The first-order chi connectivity index (χ1) is 15.8. The molecule has 1 aromatic heterocycles. The Hall–Kier alpha value is -4.28. The molecule has 1 aromatic carbocycles. The summed E-state index contributed by atoms with van der Waals surface area (Å²) >= 11 is 0. The largest absolute Gasteiger partial charge is 0.481 e. The average Bonchev–Trinajstić information content (AvgIpc) is 2.80. The van der Waals surface area contributed by atoms with Crippen LogP contribution in [0.3, 0.4) is 0 Å². The SMILES string of the molecule is N=C(N)c1ccc(N2CCN(CCC(=O)NC(CC(=O)O)c3cccnc3)C(=O)C2=O)cc1. The van der Waals surface area contributed by atoms with Crippen molar-refractivity contribution in [2.45, 2.75) is 18.9 Å². The van der Waals surface area contributed by atoms with Crippen molar-refractivity contribution in [3.05, 3.63) is 59.9 Å². The molecule has 11 nitrogen and oxygen atoms in total. The maximum absolute atomic E-state index is 12.6. The highest BCUT2D eigenvalue weighted by atomic mass is 16.4. The van der Waals surface area contributed by atoms with Crippen LogP contribution in [-0.4, -0.2) is 64.2 Å². The van der Waals surface area contributed by atoms with Crippen LogP contribution in [0.5, 0.6) is 0 Å². The van der Waals surface area contributed by atoms with Crippen molar-refractivity contribution in [3.63, 3.8) is 0 Å². The number of carboxylic acid groups (broad SMARTS) is 1. The maximum Gasteiger partial charge on any atom is 0.316 e. The molecule has 3 amide bonds. The van der Waals surface area contributed by atoms with E-state index in [4.69, 9.17) is 16.2 Å². The van der Waals surface area contributed by atoms with Crippen LogP contribution in [-0.2, 0) is 19.2 Å². The Kier molecular flexibility index (Phi) is 7.34. The van der Waals surface area contributed by atoms with Gasteiger partial charge in [-0.05, 0) is 35.9 Å². The van der Waals surface area contributed by atoms with E-state index in [1.165, 1.54) is 16.0 Å². The number of aliphatic carboxylic acids is 1. The molecule has 1 saturated heterocycles. The molecule has 172 valence electrons. The van der Waals surface area contributed by atoms with Gasteiger partial charge in [-0.15, -0.1) is 0 Å². The number of nitrogens with two attached hydrogens (primary N) is 1. The molecule has 0 spiro atoms. The number of aromatic nitrogens is 1. The van der Waals surface area contributed by atoms with Gasteiger partial charge in [0.2, 0.25) is 5.91 Å². The molecular formula is C22H24N6O5. The molecule has 0 aliphatic carbocycles. The Bertz CT molecular complexity index is 1060. The number of carbonyl (C=O) groups is 4. The Morgan fingerprint density at radius 1 is 1.15 bits per heavy atom. The van der Waals surface area contributed by atoms with Crippen LogP contribution in [0.2, 0.25) is 0 Å². The third-order valence-corrected chi connectivity index (χ3v) is 5.21. The van der Waals surface area contributed by atoms with E-state index in [9.17, 15) is 19.2 Å². The number of carbonyl (C=O) groups excluding carboxylic acids is 3. The summed E-state index contributed by atoms with van der Waals surface area (Å²) in [6.45, 7) is 0.525. The first-order valence-corrected chi connectivity index (χ1v) is 10.2. The van der Waals surface area contributed by atoms with Crippen molar-refractivity contribution < 1.29 is 24.3 Å². The predicted molar refractivity (Wildman–Crippen MR) is 118 cm³/mol. The number of piperazine rings is 1. The zero-order valence-corrected chi connectivity index (χ0v) is 17.7. The maximum atomic E-state index is 12.6. The summed E-state index contributed by atoms with van der Waals surface area (Å²) in [5.41, 5.74) is 7.02. The van der Waals surface area contributed by atoms with E-state index in [-0.39, 0.29) is 38.3 Å². The summed E-state index contributed by atoms with van der Waals surface area (Å²) in [7, 11) is 0. The fraction of sp³-hybridized carbons (Fsp3) is 0.273. The lowest BCUT2D eigenvalue weighted by molar-refractivity contribution is -0.146. The van der Waals surface area contributed by atoms with Gasteiger partial charge in [0.15, 0.2) is 0 Å². The number of amides is 3. The van der Waals surface area contributed by atoms with Gasteiger partial charge in [-0.3, -0.25) is 29.6 Å². The molecule has 5 N–H and O–H groups in total. The standard InChI is InChI=1S/C22H24N6O5/c23-20(24)14-3-5-16(6-4-14)28-11-10-27(21(32)22(28)33)9-7-18(29)26-17(12-19(30)31)15-2-1-8-25-13-15/h1-6,8,13,17H,7,9-12H2,(H3,23,24)(H,26,29)(H,30,31). The number of rotatable bonds is 9. The van der Waals surface area contributed by atoms with Crippen LogP contribution in [0.25, 0.3) is 0 Å². The minimum Gasteiger partial charge on any atom is -0.481 e. The van der Waals surface area contributed by atoms with Crippen molar-refractivity contribution in [2.75, 3.05) is 24.5 Å². The quantitative estimate of drug-likeness (QED) is 0.240. The van der Waals surface area contributed by atoms with E-state index in [1.807, 2.05) is 0 Å². The van der Waals surface area contributed by atoms with E-state index in [1.54, 1.807) is 42.6 Å². The summed E-state index contributed by atoms with van der Waals surface area (Å²) < 4.78 is 0. The topological polar surface area (TPSA) is 170 Å². The normalized spacial score (nSPS) is 14.7. The summed E-state index contributed by atoms with van der Waals surface area (Å²) in [6.07, 6.45) is 2.64. The Morgan fingerprint density at radius 3 is 2.48 bits per heavy atom. The van der Waals surface area contributed by atoms with Gasteiger partial charge in [0, 0.05) is 49.7 Å². The van der Waals surface area contributed by atoms with Crippen molar-refractivity contribution in [1.29, 1.82) is 5.41 Å². The van der Waals surface area contributed by atoms with Gasteiger partial charge in [-0.25, -0.2) is 0 Å². The van der Waals surface area contributed by atoms with E-state index in [0.717, 1.165) is 0 Å². The highest BCUT2D eigenvalue weighted by Gasteiger charge is 2.33. The molecular weight excluding hydrogens is 428 g/mol. The van der Waals surface area contributed by atoms with Crippen LogP contribution in [0, 0.1) is 5.41 Å². The summed E-state index contributed by atoms with van der Waals surface area (Å²) in [6, 6.07) is 9.00. The molecule has 1 unspecified atom stereocenters. The zero-order chi connectivity index (χ0) is 24.0. The molecule has 11 heteroatoms. The lowest BCUT2D eigenvalue weighted by Gasteiger charge is -2.33. The highest BCUT2D eigenvalue weighted by molar-refractivity contribution is 6.41. The highest BCUT2D eigenvalue weighted by Crippen LogP contribution is 2.19. The Labute approximate surface area is 189 Å². The number of pyridine rings is 1. The van der Waals surface area contributed by atoms with Crippen LogP contribution in [0.1, 0.15) is 30.0 Å². The molecule has 0 bridgehead atoms. The smallest absolute Gasteiger partial charge is 0.316 e. The van der Waals surface area contributed by atoms with E-state index >= 15 is 0 Å². The summed E-state index contributed by atoms with van der Waals surface area (Å²) in [5, 5.41) is 19.2. The fourth-order valence-electron chi connectivity index (χ4n) is 3.47. The van der Waals surface area contributed by atoms with Gasteiger partial charge in [0.1, 0.15) is 5.84 Å². The molecule has 1 fully saturated rings. The second-order valence-corrected chi connectivity index (χ2v) is 7.46. The number of benzene rings is 1. The van der Waals surface area contributed by atoms with Gasteiger partial charge in [0.25, 0.3) is 0 Å². The number of anilines is 1. The second-order valence-electron chi connectivity index (χ2n) is 7.46. The molecule has 33 heavy (non-hydrogen) atoms. The number of hydrogen-bond donors (Lipinski definition) is 4. The lowest BCUT2D eigenvalue weighted by Crippen LogP contribution is -2.55. The van der Waals surface area contributed by atoms with Gasteiger partial charge < -0.3 is 26.0 Å².